The molecule has 1 saturated heterocycles. The molecule has 5 rings (SSSR count). The summed E-state index contributed by atoms with van der Waals surface area (Å²) < 4.78 is 20.0. The molecular formula is C22H21FN4O. The number of aromatic nitrogens is 3. The van der Waals surface area contributed by atoms with Crippen LogP contribution < -0.4 is 0 Å². The summed E-state index contributed by atoms with van der Waals surface area (Å²) in [5, 5.41) is 0. The molecule has 0 N–H and O–H groups in total. The molecule has 0 saturated carbocycles. The molecule has 1 atom stereocenters. The van der Waals surface area contributed by atoms with Crippen LogP contribution in [0, 0.1) is 5.82 Å². The van der Waals surface area contributed by atoms with Gasteiger partial charge in [0.15, 0.2) is 5.82 Å². The Labute approximate surface area is 163 Å². The number of ether oxygens (including phenoxy) is 1. The maximum absolute atomic E-state index is 14.1. The quantitative estimate of drug-likeness (QED) is 0.702. The van der Waals surface area contributed by atoms with Crippen molar-refractivity contribution >= 4 is 0 Å². The zero-order valence-electron chi connectivity index (χ0n) is 15.5. The average Bonchev–Trinajstić information content (AvgIpc) is 3.14. The molecule has 2 aromatic heterocycles. The predicted octanol–water partition coefficient (Wildman–Crippen LogP) is 3.35. The van der Waals surface area contributed by atoms with Gasteiger partial charge in [-0.1, -0.05) is 18.2 Å². The van der Waals surface area contributed by atoms with Crippen molar-refractivity contribution in [3.63, 3.8) is 0 Å². The summed E-state index contributed by atoms with van der Waals surface area (Å²) in [4.78, 5) is 15.9. The third kappa shape index (κ3) is 3.08. The number of rotatable bonds is 3. The van der Waals surface area contributed by atoms with Crippen LogP contribution in [0.3, 0.4) is 0 Å². The summed E-state index contributed by atoms with van der Waals surface area (Å²) in [5.74, 6) is 0.547. The number of pyridine rings is 1. The second-order valence-electron chi connectivity index (χ2n) is 7.63. The minimum atomic E-state index is -0.168. The molecular weight excluding hydrogens is 355 g/mol. The zero-order valence-corrected chi connectivity index (χ0v) is 15.5. The summed E-state index contributed by atoms with van der Waals surface area (Å²) in [7, 11) is 0. The van der Waals surface area contributed by atoms with E-state index in [1.807, 2.05) is 30.5 Å². The van der Waals surface area contributed by atoms with Gasteiger partial charge in [0.25, 0.3) is 0 Å². The van der Waals surface area contributed by atoms with Crippen molar-refractivity contribution in [1.82, 2.24) is 19.9 Å². The van der Waals surface area contributed by atoms with Crippen molar-refractivity contribution in [3.05, 3.63) is 77.6 Å². The van der Waals surface area contributed by atoms with Crippen LogP contribution >= 0.6 is 0 Å². The normalized spacial score (nSPS) is 21.8. The second kappa shape index (κ2) is 7.04. The van der Waals surface area contributed by atoms with Crippen LogP contribution in [0.15, 0.2) is 55.0 Å². The first-order valence-corrected chi connectivity index (χ1v) is 9.54. The van der Waals surface area contributed by atoms with E-state index in [0.717, 1.165) is 41.9 Å². The van der Waals surface area contributed by atoms with Gasteiger partial charge in [0.05, 0.1) is 24.3 Å². The van der Waals surface area contributed by atoms with E-state index < -0.39 is 0 Å². The van der Waals surface area contributed by atoms with Gasteiger partial charge in [-0.25, -0.2) is 14.4 Å². The zero-order chi connectivity index (χ0) is 19.0. The largest absolute Gasteiger partial charge is 0.376 e. The van der Waals surface area contributed by atoms with Gasteiger partial charge in [-0.15, -0.1) is 0 Å². The number of benzene rings is 1. The standard InChI is InChI=1S/C22H21FN4O/c23-19-6-2-1-4-17(19)12-27-9-7-22(14-27)15-28-13-18-11-25-21(26-20(18)22)16-5-3-8-24-10-16/h1-6,8,10-11H,7,9,12-15H2. The molecule has 0 bridgehead atoms. The maximum Gasteiger partial charge on any atom is 0.160 e. The minimum absolute atomic E-state index is 0.148. The van der Waals surface area contributed by atoms with Crippen LogP contribution in [0.25, 0.3) is 11.4 Å². The van der Waals surface area contributed by atoms with E-state index >= 15 is 0 Å². The molecule has 0 amide bonds. The molecule has 1 unspecified atom stereocenters. The maximum atomic E-state index is 14.1. The Morgan fingerprint density at radius 2 is 2.07 bits per heavy atom. The lowest BCUT2D eigenvalue weighted by atomic mass is 9.80. The SMILES string of the molecule is Fc1ccccc1CN1CCC2(COCc3cnc(-c4cccnc4)nc32)C1. The average molecular weight is 376 g/mol. The predicted molar refractivity (Wildman–Crippen MR) is 103 cm³/mol. The highest BCUT2D eigenvalue weighted by Crippen LogP contribution is 2.40. The van der Waals surface area contributed by atoms with Crippen LogP contribution in [-0.2, 0) is 23.3 Å². The topological polar surface area (TPSA) is 51.1 Å². The van der Waals surface area contributed by atoms with Gasteiger partial charge in [-0.05, 0) is 31.2 Å². The Morgan fingerprint density at radius 1 is 1.14 bits per heavy atom. The summed E-state index contributed by atoms with van der Waals surface area (Å²) in [6, 6.07) is 10.9. The lowest BCUT2D eigenvalue weighted by Gasteiger charge is -2.34. The molecule has 0 radical (unpaired) electrons. The Morgan fingerprint density at radius 3 is 2.93 bits per heavy atom. The van der Waals surface area contributed by atoms with Crippen LogP contribution in [0.1, 0.15) is 23.2 Å². The summed E-state index contributed by atoms with van der Waals surface area (Å²) in [6.45, 7) is 3.47. The molecule has 28 heavy (non-hydrogen) atoms. The van der Waals surface area contributed by atoms with Crippen molar-refractivity contribution < 1.29 is 9.13 Å². The molecule has 1 spiro atoms. The number of fused-ring (bicyclic) bond motifs is 2. The van der Waals surface area contributed by atoms with E-state index in [-0.39, 0.29) is 11.2 Å². The number of hydrogen-bond donors (Lipinski definition) is 0. The van der Waals surface area contributed by atoms with Crippen LogP contribution in [0.2, 0.25) is 0 Å². The fraction of sp³-hybridized carbons (Fsp3) is 0.318. The highest BCUT2D eigenvalue weighted by molar-refractivity contribution is 5.54. The van der Waals surface area contributed by atoms with Crippen molar-refractivity contribution in [2.75, 3.05) is 19.7 Å². The Balaban J connectivity index is 1.45. The van der Waals surface area contributed by atoms with E-state index in [0.29, 0.717) is 25.6 Å². The molecule has 4 heterocycles. The highest BCUT2D eigenvalue weighted by Gasteiger charge is 2.45. The molecule has 0 aliphatic carbocycles. The third-order valence-electron chi connectivity index (χ3n) is 5.71. The summed E-state index contributed by atoms with van der Waals surface area (Å²) >= 11 is 0. The van der Waals surface area contributed by atoms with Crippen molar-refractivity contribution in [3.8, 4) is 11.4 Å². The third-order valence-corrected chi connectivity index (χ3v) is 5.71. The highest BCUT2D eigenvalue weighted by atomic mass is 19.1. The number of likely N-dealkylation sites (tertiary alicyclic amines) is 1. The molecule has 2 aliphatic rings. The van der Waals surface area contributed by atoms with Gasteiger partial charge in [0.1, 0.15) is 5.82 Å². The van der Waals surface area contributed by atoms with Gasteiger partial charge in [0, 0.05) is 48.4 Å². The lowest BCUT2D eigenvalue weighted by molar-refractivity contribution is 0.0502. The molecule has 5 nitrogen and oxygen atoms in total. The van der Waals surface area contributed by atoms with Gasteiger partial charge in [-0.2, -0.15) is 0 Å². The van der Waals surface area contributed by atoms with Gasteiger partial charge in [0.2, 0.25) is 0 Å². The molecule has 2 aliphatic heterocycles. The smallest absolute Gasteiger partial charge is 0.160 e. The van der Waals surface area contributed by atoms with Crippen molar-refractivity contribution in [2.24, 2.45) is 0 Å². The van der Waals surface area contributed by atoms with Crippen LogP contribution in [0.4, 0.5) is 4.39 Å². The second-order valence-corrected chi connectivity index (χ2v) is 7.63. The van der Waals surface area contributed by atoms with E-state index in [1.54, 1.807) is 18.5 Å². The monoisotopic (exact) mass is 376 g/mol. The van der Waals surface area contributed by atoms with E-state index in [1.165, 1.54) is 6.07 Å². The molecule has 1 fully saturated rings. The van der Waals surface area contributed by atoms with E-state index in [9.17, 15) is 4.39 Å². The fourth-order valence-electron chi connectivity index (χ4n) is 4.30. The van der Waals surface area contributed by atoms with Crippen LogP contribution in [-0.4, -0.2) is 39.5 Å². The Bertz CT molecular complexity index is 997. The fourth-order valence-corrected chi connectivity index (χ4v) is 4.30. The van der Waals surface area contributed by atoms with Crippen molar-refractivity contribution in [2.45, 2.75) is 25.0 Å². The van der Waals surface area contributed by atoms with Gasteiger partial charge >= 0.3 is 0 Å². The first kappa shape index (κ1) is 17.4. The molecule has 3 aromatic rings. The molecule has 1 aromatic carbocycles. The Hall–Kier alpha value is -2.70. The number of halogens is 1. The van der Waals surface area contributed by atoms with E-state index in [2.05, 4.69) is 14.9 Å². The Kier molecular flexibility index (Phi) is 4.37. The van der Waals surface area contributed by atoms with Crippen molar-refractivity contribution in [1.29, 1.82) is 0 Å². The molecule has 6 heteroatoms. The molecule has 142 valence electrons. The number of hydrogen-bond acceptors (Lipinski definition) is 5. The first-order valence-electron chi connectivity index (χ1n) is 9.54. The summed E-state index contributed by atoms with van der Waals surface area (Å²) in [6.07, 6.45) is 6.35. The minimum Gasteiger partial charge on any atom is -0.376 e. The lowest BCUT2D eigenvalue weighted by Crippen LogP contribution is -2.40. The first-order chi connectivity index (χ1) is 13.7. The van der Waals surface area contributed by atoms with Gasteiger partial charge < -0.3 is 4.74 Å². The van der Waals surface area contributed by atoms with E-state index in [4.69, 9.17) is 9.72 Å². The number of nitrogens with zero attached hydrogens (tertiary/aromatic N) is 4. The van der Waals surface area contributed by atoms with Gasteiger partial charge in [-0.3, -0.25) is 9.88 Å². The summed E-state index contributed by atoms with van der Waals surface area (Å²) in [5.41, 5.74) is 3.59. The van der Waals surface area contributed by atoms with Crippen LogP contribution in [0.5, 0.6) is 0 Å².